The summed E-state index contributed by atoms with van der Waals surface area (Å²) in [7, 11) is 0. The van der Waals surface area contributed by atoms with Crippen LogP contribution in [0, 0.1) is 13.8 Å². The van der Waals surface area contributed by atoms with Crippen LogP contribution in [0.2, 0.25) is 0 Å². The van der Waals surface area contributed by atoms with Crippen LogP contribution in [0.15, 0.2) is 6.07 Å². The molecule has 0 N–H and O–H groups in total. The number of esters is 1. The molecule has 0 aliphatic carbocycles. The van der Waals surface area contributed by atoms with E-state index in [-0.39, 0.29) is 17.7 Å². The molecule has 4 nitrogen and oxygen atoms in total. The fraction of sp³-hybridized carbons (Fsp3) is 0.364. The average molecular weight is 242 g/mol. The van der Waals surface area contributed by atoms with Crippen LogP contribution in [0.25, 0.3) is 0 Å². The number of hydrogen-bond acceptors (Lipinski definition) is 4. The Bertz CT molecular complexity index is 443. The predicted octanol–water partition coefficient (Wildman–Crippen LogP) is 2.25. The molecule has 1 heterocycles. The van der Waals surface area contributed by atoms with Crippen LogP contribution in [-0.4, -0.2) is 22.8 Å². The van der Waals surface area contributed by atoms with Crippen molar-refractivity contribution in [2.24, 2.45) is 0 Å². The van der Waals surface area contributed by atoms with Crippen molar-refractivity contribution in [2.75, 3.05) is 6.61 Å². The Labute approximate surface area is 98.6 Å². The summed E-state index contributed by atoms with van der Waals surface area (Å²) in [5.74, 6) is -0.494. The molecule has 0 radical (unpaired) electrons. The number of pyridine rings is 1. The molecule has 1 rings (SSSR count). The summed E-state index contributed by atoms with van der Waals surface area (Å²) in [6.07, 6.45) is 0. The van der Waals surface area contributed by atoms with E-state index in [0.29, 0.717) is 11.4 Å². The van der Waals surface area contributed by atoms with Crippen molar-refractivity contribution in [1.82, 2.24) is 4.98 Å². The van der Waals surface area contributed by atoms with Crippen molar-refractivity contribution >= 4 is 22.8 Å². The summed E-state index contributed by atoms with van der Waals surface area (Å²) in [6.45, 7) is 5.33. The maximum atomic E-state index is 11.5. The van der Waals surface area contributed by atoms with Gasteiger partial charge < -0.3 is 4.74 Å². The summed E-state index contributed by atoms with van der Waals surface area (Å²) < 4.78 is 4.85. The zero-order valence-corrected chi connectivity index (χ0v) is 10.1. The molecule has 0 spiro atoms. The Morgan fingerprint density at radius 2 is 1.88 bits per heavy atom. The zero-order chi connectivity index (χ0) is 12.3. The van der Waals surface area contributed by atoms with E-state index in [1.807, 2.05) is 0 Å². The van der Waals surface area contributed by atoms with Crippen molar-refractivity contribution in [3.05, 3.63) is 28.6 Å². The van der Waals surface area contributed by atoms with Gasteiger partial charge in [0.05, 0.1) is 23.4 Å². The highest BCUT2D eigenvalue weighted by Crippen LogP contribution is 2.15. The van der Waals surface area contributed by atoms with Crippen molar-refractivity contribution in [3.63, 3.8) is 0 Å². The first-order chi connectivity index (χ1) is 7.47. The van der Waals surface area contributed by atoms with Gasteiger partial charge in [-0.2, -0.15) is 0 Å². The van der Waals surface area contributed by atoms with Crippen molar-refractivity contribution in [3.8, 4) is 0 Å². The molecule has 0 fully saturated rings. The molecule has 0 bridgehead atoms. The third kappa shape index (κ3) is 2.58. The van der Waals surface area contributed by atoms with Gasteiger partial charge in [-0.3, -0.25) is 9.78 Å². The van der Waals surface area contributed by atoms with E-state index in [1.165, 1.54) is 6.07 Å². The first-order valence-electron chi connectivity index (χ1n) is 4.82. The number of halogens is 1. The first kappa shape index (κ1) is 12.6. The van der Waals surface area contributed by atoms with Crippen molar-refractivity contribution in [1.29, 1.82) is 0 Å². The number of carbonyl (C=O) groups excluding carboxylic acids is 2. The second-order valence-corrected chi connectivity index (χ2v) is 3.59. The normalized spacial score (nSPS) is 10.0. The van der Waals surface area contributed by atoms with Gasteiger partial charge in [-0.25, -0.2) is 4.79 Å². The van der Waals surface area contributed by atoms with Crippen LogP contribution >= 0.6 is 11.6 Å². The van der Waals surface area contributed by atoms with Gasteiger partial charge in [-0.15, -0.1) is 0 Å². The van der Waals surface area contributed by atoms with Crippen LogP contribution in [0.1, 0.15) is 39.0 Å². The lowest BCUT2D eigenvalue weighted by atomic mass is 10.1. The number of carbonyl (C=O) groups is 2. The van der Waals surface area contributed by atoms with Gasteiger partial charge in [-0.1, -0.05) is 0 Å². The van der Waals surface area contributed by atoms with Gasteiger partial charge in [0.15, 0.2) is 0 Å². The average Bonchev–Trinajstić information content (AvgIpc) is 2.17. The van der Waals surface area contributed by atoms with E-state index in [9.17, 15) is 9.59 Å². The Morgan fingerprint density at radius 1 is 1.31 bits per heavy atom. The minimum Gasteiger partial charge on any atom is -0.462 e. The van der Waals surface area contributed by atoms with Gasteiger partial charge in [-0.05, 0) is 38.4 Å². The standard InChI is InChI=1S/C11H12ClNO3/c1-4-16-11(15)9-5-8(10(12)14)6(2)13-7(9)3/h5H,4H2,1-3H3. The fourth-order valence-corrected chi connectivity index (χ4v) is 1.53. The summed E-state index contributed by atoms with van der Waals surface area (Å²) >= 11 is 5.38. The van der Waals surface area contributed by atoms with Crippen LogP contribution in [0.3, 0.4) is 0 Å². The van der Waals surface area contributed by atoms with E-state index in [4.69, 9.17) is 16.3 Å². The van der Waals surface area contributed by atoms with Crippen molar-refractivity contribution < 1.29 is 14.3 Å². The van der Waals surface area contributed by atoms with Gasteiger partial charge in [0.1, 0.15) is 0 Å². The molecule has 0 unspecified atom stereocenters. The Balaban J connectivity index is 3.24. The number of aryl methyl sites for hydroxylation is 2. The molecule has 5 heteroatoms. The second kappa shape index (κ2) is 5.07. The minimum atomic E-state index is -0.629. The smallest absolute Gasteiger partial charge is 0.339 e. The summed E-state index contributed by atoms with van der Waals surface area (Å²) in [6, 6.07) is 1.42. The Hall–Kier alpha value is -1.42. The van der Waals surface area contributed by atoms with Crippen LogP contribution in [0.4, 0.5) is 0 Å². The van der Waals surface area contributed by atoms with E-state index in [0.717, 1.165) is 0 Å². The minimum absolute atomic E-state index is 0.232. The molecular weight excluding hydrogens is 230 g/mol. The van der Waals surface area contributed by atoms with E-state index < -0.39 is 11.2 Å². The molecule has 0 aliphatic heterocycles. The lowest BCUT2D eigenvalue weighted by Crippen LogP contribution is -2.11. The van der Waals surface area contributed by atoms with E-state index >= 15 is 0 Å². The Morgan fingerprint density at radius 3 is 2.38 bits per heavy atom. The van der Waals surface area contributed by atoms with Gasteiger partial charge in [0.2, 0.25) is 0 Å². The number of hydrogen-bond donors (Lipinski definition) is 0. The van der Waals surface area contributed by atoms with Gasteiger partial charge in [0, 0.05) is 5.69 Å². The highest BCUT2D eigenvalue weighted by atomic mass is 35.5. The number of aromatic nitrogens is 1. The topological polar surface area (TPSA) is 56.3 Å². The van der Waals surface area contributed by atoms with Gasteiger partial charge >= 0.3 is 5.97 Å². The largest absolute Gasteiger partial charge is 0.462 e. The second-order valence-electron chi connectivity index (χ2n) is 3.25. The van der Waals surface area contributed by atoms with Crippen molar-refractivity contribution in [2.45, 2.75) is 20.8 Å². The molecule has 0 aromatic carbocycles. The first-order valence-corrected chi connectivity index (χ1v) is 5.20. The quantitative estimate of drug-likeness (QED) is 0.602. The molecule has 86 valence electrons. The summed E-state index contributed by atoms with van der Waals surface area (Å²) in [5, 5.41) is -0.629. The number of ether oxygens (including phenoxy) is 1. The monoisotopic (exact) mass is 241 g/mol. The molecule has 0 amide bonds. The fourth-order valence-electron chi connectivity index (χ4n) is 1.34. The zero-order valence-electron chi connectivity index (χ0n) is 9.33. The van der Waals surface area contributed by atoms with E-state index in [1.54, 1.807) is 20.8 Å². The highest BCUT2D eigenvalue weighted by Gasteiger charge is 2.16. The molecular formula is C11H12ClNO3. The van der Waals surface area contributed by atoms with Crippen LogP contribution < -0.4 is 0 Å². The third-order valence-electron chi connectivity index (χ3n) is 2.11. The summed E-state index contributed by atoms with van der Waals surface area (Å²) in [4.78, 5) is 26.7. The molecule has 1 aromatic rings. The number of rotatable bonds is 3. The molecule has 0 saturated heterocycles. The molecule has 0 atom stereocenters. The maximum Gasteiger partial charge on any atom is 0.339 e. The Kier molecular flexibility index (Phi) is 4.01. The van der Waals surface area contributed by atoms with Crippen LogP contribution in [0.5, 0.6) is 0 Å². The lowest BCUT2D eigenvalue weighted by Gasteiger charge is -2.08. The van der Waals surface area contributed by atoms with E-state index in [2.05, 4.69) is 4.98 Å². The molecule has 1 aromatic heterocycles. The van der Waals surface area contributed by atoms with Crippen LogP contribution in [-0.2, 0) is 4.74 Å². The van der Waals surface area contributed by atoms with Gasteiger partial charge in [0.25, 0.3) is 5.24 Å². The third-order valence-corrected chi connectivity index (χ3v) is 2.31. The highest BCUT2D eigenvalue weighted by molar-refractivity contribution is 6.67. The lowest BCUT2D eigenvalue weighted by molar-refractivity contribution is 0.0525. The SMILES string of the molecule is CCOC(=O)c1cc(C(=O)Cl)c(C)nc1C. The predicted molar refractivity (Wildman–Crippen MR) is 59.9 cm³/mol. The maximum absolute atomic E-state index is 11.5. The molecule has 0 saturated carbocycles. The number of nitrogens with zero attached hydrogens (tertiary/aromatic N) is 1. The molecule has 0 aliphatic rings. The molecule has 16 heavy (non-hydrogen) atoms. The summed E-state index contributed by atoms with van der Waals surface area (Å²) in [5.41, 5.74) is 1.54.